The van der Waals surface area contributed by atoms with Crippen LogP contribution in [0.25, 0.3) is 0 Å². The smallest absolute Gasteiger partial charge is 0.347 e. The van der Waals surface area contributed by atoms with Crippen LogP contribution >= 0.6 is 0 Å². The number of benzene rings is 2. The fraction of sp³-hybridized carbons (Fsp3) is 0.417. The monoisotopic (exact) mass is 527 g/mol. The molecule has 1 unspecified atom stereocenters. The second kappa shape index (κ2) is 9.47. The van der Waals surface area contributed by atoms with Crippen molar-refractivity contribution in [2.45, 2.75) is 55.8 Å². The third-order valence-corrected chi connectivity index (χ3v) is 7.55. The highest BCUT2D eigenvalue weighted by molar-refractivity contribution is 7.89. The quantitative estimate of drug-likeness (QED) is 0.559. The van der Waals surface area contributed by atoms with E-state index in [4.69, 9.17) is 5.14 Å². The minimum Gasteiger partial charge on any atom is -0.347 e. The first-order valence-corrected chi connectivity index (χ1v) is 12.9. The van der Waals surface area contributed by atoms with Crippen molar-refractivity contribution < 1.29 is 35.6 Å². The number of sulfonamides is 1. The molecule has 2 amide bonds. The molecule has 2 atom stereocenters. The second-order valence-corrected chi connectivity index (χ2v) is 10.8. The Kier molecular flexibility index (Phi) is 6.86. The molecule has 2 aromatic rings. The van der Waals surface area contributed by atoms with Crippen LogP contribution in [0.15, 0.2) is 41.3 Å². The number of primary sulfonamides is 1. The van der Waals surface area contributed by atoms with Gasteiger partial charge in [-0.15, -0.1) is 0 Å². The zero-order valence-electron chi connectivity index (χ0n) is 19.3. The number of carbonyl (C=O) groups is 2. The van der Waals surface area contributed by atoms with E-state index in [1.165, 1.54) is 23.1 Å². The molecule has 2 aliphatic rings. The maximum atomic E-state index is 14.7. The SMILES string of the molecule is Cc1ccc(S(N)(=O)=O)cc1C(=O)N1CCC[C@@H]1C(=O)NC(c1ccc(C(F)(F)F)cc1F)C1CC1. The first-order chi connectivity index (χ1) is 16.8. The van der Waals surface area contributed by atoms with Gasteiger partial charge in [-0.2, -0.15) is 13.2 Å². The van der Waals surface area contributed by atoms with E-state index in [-0.39, 0.29) is 28.5 Å². The molecule has 3 N–H and O–H groups in total. The van der Waals surface area contributed by atoms with E-state index >= 15 is 0 Å². The summed E-state index contributed by atoms with van der Waals surface area (Å²) in [6, 6.07) is 4.43. The highest BCUT2D eigenvalue weighted by Gasteiger charge is 2.41. The summed E-state index contributed by atoms with van der Waals surface area (Å²) in [6.45, 7) is 1.88. The summed E-state index contributed by atoms with van der Waals surface area (Å²) in [5, 5.41) is 7.94. The number of nitrogens with zero attached hydrogens (tertiary/aromatic N) is 1. The number of nitrogens with one attached hydrogen (secondary N) is 1. The summed E-state index contributed by atoms with van der Waals surface area (Å²) in [5.74, 6) is -2.27. The number of hydrogen-bond donors (Lipinski definition) is 2. The lowest BCUT2D eigenvalue weighted by Gasteiger charge is -2.28. The molecular weight excluding hydrogens is 502 g/mol. The molecule has 0 aromatic heterocycles. The lowest BCUT2D eigenvalue weighted by molar-refractivity contribution is -0.137. The topological polar surface area (TPSA) is 110 Å². The van der Waals surface area contributed by atoms with Gasteiger partial charge in [-0.3, -0.25) is 9.59 Å². The Morgan fingerprint density at radius 1 is 1.11 bits per heavy atom. The minimum atomic E-state index is -4.69. The normalized spacial score (nSPS) is 19.3. The van der Waals surface area contributed by atoms with Gasteiger partial charge in [0.2, 0.25) is 15.9 Å². The second-order valence-electron chi connectivity index (χ2n) is 9.24. The number of amides is 2. The Hall–Kier alpha value is -2.99. The number of halogens is 4. The molecule has 7 nitrogen and oxygen atoms in total. The van der Waals surface area contributed by atoms with Gasteiger partial charge in [-0.25, -0.2) is 17.9 Å². The van der Waals surface area contributed by atoms with Gasteiger partial charge >= 0.3 is 6.18 Å². The van der Waals surface area contributed by atoms with Crippen molar-refractivity contribution in [3.05, 3.63) is 64.5 Å². The molecule has 2 fully saturated rings. The molecule has 12 heteroatoms. The first kappa shape index (κ1) is 26.1. The van der Waals surface area contributed by atoms with Crippen LogP contribution in [-0.4, -0.2) is 37.7 Å². The van der Waals surface area contributed by atoms with E-state index < -0.39 is 51.5 Å². The molecule has 0 spiro atoms. The summed E-state index contributed by atoms with van der Waals surface area (Å²) in [4.78, 5) is 27.6. The summed E-state index contributed by atoms with van der Waals surface area (Å²) in [7, 11) is -4.05. The summed E-state index contributed by atoms with van der Waals surface area (Å²) >= 11 is 0. The van der Waals surface area contributed by atoms with Gasteiger partial charge < -0.3 is 10.2 Å². The summed E-state index contributed by atoms with van der Waals surface area (Å²) in [6.07, 6.45) is -2.49. The molecule has 4 rings (SSSR count). The number of nitrogens with two attached hydrogens (primary N) is 1. The van der Waals surface area contributed by atoms with E-state index in [0.717, 1.165) is 12.1 Å². The fourth-order valence-electron chi connectivity index (χ4n) is 4.53. The fourth-order valence-corrected chi connectivity index (χ4v) is 5.07. The molecule has 1 heterocycles. The molecule has 0 bridgehead atoms. The van der Waals surface area contributed by atoms with Crippen LogP contribution in [0.1, 0.15) is 58.8 Å². The van der Waals surface area contributed by atoms with E-state index in [0.29, 0.717) is 37.3 Å². The van der Waals surface area contributed by atoms with Gasteiger partial charge in [-0.1, -0.05) is 12.1 Å². The van der Waals surface area contributed by atoms with Gasteiger partial charge in [0.1, 0.15) is 11.9 Å². The summed E-state index contributed by atoms with van der Waals surface area (Å²) in [5.41, 5.74) is -0.560. The van der Waals surface area contributed by atoms with E-state index in [1.807, 2.05) is 0 Å². The average Bonchev–Trinajstić information content (AvgIpc) is 3.51. The molecule has 2 aromatic carbocycles. The third-order valence-electron chi connectivity index (χ3n) is 6.64. The molecule has 0 radical (unpaired) electrons. The van der Waals surface area contributed by atoms with E-state index in [1.54, 1.807) is 6.92 Å². The van der Waals surface area contributed by atoms with Crippen molar-refractivity contribution in [1.82, 2.24) is 10.2 Å². The number of likely N-dealkylation sites (tertiary alicyclic amines) is 1. The van der Waals surface area contributed by atoms with Crippen molar-refractivity contribution in [2.24, 2.45) is 11.1 Å². The van der Waals surface area contributed by atoms with Crippen LogP contribution in [0.4, 0.5) is 17.6 Å². The van der Waals surface area contributed by atoms with Crippen molar-refractivity contribution in [1.29, 1.82) is 0 Å². The van der Waals surface area contributed by atoms with Gasteiger partial charge in [0.25, 0.3) is 5.91 Å². The van der Waals surface area contributed by atoms with Crippen LogP contribution in [0.2, 0.25) is 0 Å². The van der Waals surface area contributed by atoms with E-state index in [2.05, 4.69) is 5.32 Å². The Morgan fingerprint density at radius 2 is 1.81 bits per heavy atom. The Bertz CT molecular complexity index is 1310. The molecule has 194 valence electrons. The molecular formula is C24H25F4N3O4S. The predicted octanol–water partition coefficient (Wildman–Crippen LogP) is 3.67. The van der Waals surface area contributed by atoms with Gasteiger partial charge in [0.15, 0.2) is 0 Å². The van der Waals surface area contributed by atoms with Gasteiger partial charge in [0, 0.05) is 17.7 Å². The largest absolute Gasteiger partial charge is 0.416 e. The van der Waals surface area contributed by atoms with Crippen molar-refractivity contribution >= 4 is 21.8 Å². The zero-order valence-corrected chi connectivity index (χ0v) is 20.1. The van der Waals surface area contributed by atoms with Crippen LogP contribution < -0.4 is 10.5 Å². The predicted molar refractivity (Wildman–Crippen MR) is 122 cm³/mol. The number of rotatable bonds is 6. The highest BCUT2D eigenvalue weighted by atomic mass is 32.2. The van der Waals surface area contributed by atoms with Gasteiger partial charge in [-0.05, 0) is 68.4 Å². The molecule has 1 aliphatic heterocycles. The maximum absolute atomic E-state index is 14.7. The number of aryl methyl sites for hydroxylation is 1. The Morgan fingerprint density at radius 3 is 2.39 bits per heavy atom. The first-order valence-electron chi connectivity index (χ1n) is 11.4. The van der Waals surface area contributed by atoms with Crippen LogP contribution in [0.5, 0.6) is 0 Å². The number of hydrogen-bond acceptors (Lipinski definition) is 4. The van der Waals surface area contributed by atoms with Crippen molar-refractivity contribution in [3.63, 3.8) is 0 Å². The minimum absolute atomic E-state index is 0.0357. The van der Waals surface area contributed by atoms with Crippen molar-refractivity contribution in [3.8, 4) is 0 Å². The lowest BCUT2D eigenvalue weighted by atomic mass is 9.99. The van der Waals surface area contributed by atoms with E-state index in [9.17, 15) is 35.6 Å². The van der Waals surface area contributed by atoms with Crippen LogP contribution in [0.3, 0.4) is 0 Å². The zero-order chi connectivity index (χ0) is 26.4. The highest BCUT2D eigenvalue weighted by Crippen LogP contribution is 2.43. The third kappa shape index (κ3) is 5.39. The lowest BCUT2D eigenvalue weighted by Crippen LogP contribution is -2.47. The molecule has 1 saturated heterocycles. The molecule has 36 heavy (non-hydrogen) atoms. The van der Waals surface area contributed by atoms with Crippen LogP contribution in [-0.2, 0) is 21.0 Å². The average molecular weight is 528 g/mol. The standard InChI is InChI=1S/C24H25F4N3O4S/c1-13-4-8-16(36(29,34)35)12-18(13)23(33)31-10-2-3-20(31)22(32)30-21(14-5-6-14)17-9-7-15(11-19(17)25)24(26,27)28/h4,7-9,11-12,14,20-21H,2-3,5-6,10H2,1H3,(H,30,32)(H2,29,34,35)/t20-,21?/m1/s1. The van der Waals surface area contributed by atoms with Gasteiger partial charge in [0.05, 0.1) is 16.5 Å². The number of alkyl halides is 3. The van der Waals surface area contributed by atoms with Crippen LogP contribution in [0, 0.1) is 18.7 Å². The Balaban J connectivity index is 1.56. The Labute approximate surface area is 205 Å². The number of carbonyl (C=O) groups excluding carboxylic acids is 2. The molecule has 1 aliphatic carbocycles. The van der Waals surface area contributed by atoms with Crippen molar-refractivity contribution in [2.75, 3.05) is 6.54 Å². The maximum Gasteiger partial charge on any atom is 0.416 e. The molecule has 1 saturated carbocycles. The summed E-state index contributed by atoms with van der Waals surface area (Å²) < 4.78 is 77.0.